The third-order valence-corrected chi connectivity index (χ3v) is 7.82. The summed E-state index contributed by atoms with van der Waals surface area (Å²) in [4.78, 5) is 0. The van der Waals surface area contributed by atoms with E-state index in [-0.39, 0.29) is 21.8 Å². The first-order chi connectivity index (χ1) is 11.2. The maximum Gasteiger partial charge on any atom is 0.161 e. The van der Waals surface area contributed by atoms with Crippen molar-refractivity contribution < 1.29 is 9.84 Å². The Kier molecular flexibility index (Phi) is 4.49. The van der Waals surface area contributed by atoms with Crippen molar-refractivity contribution in [2.45, 2.75) is 112 Å². The molecule has 4 atom stereocenters. The summed E-state index contributed by atoms with van der Waals surface area (Å²) in [5, 5.41) is 11.4. The number of ether oxygens (including phenoxy) is 1. The van der Waals surface area contributed by atoms with Crippen molar-refractivity contribution in [3.63, 3.8) is 0 Å². The van der Waals surface area contributed by atoms with Gasteiger partial charge in [0.1, 0.15) is 0 Å². The molecule has 2 nitrogen and oxygen atoms in total. The molecule has 0 amide bonds. The quantitative estimate of drug-likeness (QED) is 0.614. The Bertz CT molecular complexity index is 495. The Labute approximate surface area is 156 Å². The zero-order chi connectivity index (χ0) is 18.9. The molecular formula is C23H42O2. The van der Waals surface area contributed by atoms with Crippen LogP contribution in [0.25, 0.3) is 0 Å². The van der Waals surface area contributed by atoms with Crippen LogP contribution in [-0.4, -0.2) is 17.0 Å². The van der Waals surface area contributed by atoms with Crippen LogP contribution in [0, 0.1) is 33.5 Å². The maximum atomic E-state index is 11.4. The Morgan fingerprint density at radius 3 is 1.88 bits per heavy atom. The lowest BCUT2D eigenvalue weighted by molar-refractivity contribution is -0.300. The smallest absolute Gasteiger partial charge is 0.161 e. The van der Waals surface area contributed by atoms with Crippen molar-refractivity contribution in [3.05, 3.63) is 0 Å². The molecule has 146 valence electrons. The molecule has 0 radical (unpaired) electrons. The highest BCUT2D eigenvalue weighted by Crippen LogP contribution is 2.63. The molecule has 0 aliphatic heterocycles. The summed E-state index contributed by atoms with van der Waals surface area (Å²) >= 11 is 0. The lowest BCUT2D eigenvalue weighted by Crippen LogP contribution is -2.59. The molecule has 4 rings (SSSR count). The van der Waals surface area contributed by atoms with Gasteiger partial charge in [-0.05, 0) is 73.0 Å². The standard InChI is InChI=1S/C23H42O2/c1-19(2,3)14-22(8,20(4,5)6)18(24)25-23-12-16-9-17(13-23)11-21(7,10-16)15-23/h16-18,24H,9-15H2,1-8H3. The molecule has 0 aromatic rings. The van der Waals surface area contributed by atoms with Gasteiger partial charge in [0, 0.05) is 5.41 Å². The van der Waals surface area contributed by atoms with Crippen LogP contribution in [0.2, 0.25) is 0 Å². The van der Waals surface area contributed by atoms with E-state index in [0.717, 1.165) is 24.7 Å². The third kappa shape index (κ3) is 3.68. The van der Waals surface area contributed by atoms with Gasteiger partial charge in [-0.1, -0.05) is 55.4 Å². The van der Waals surface area contributed by atoms with E-state index >= 15 is 0 Å². The van der Waals surface area contributed by atoms with E-state index in [2.05, 4.69) is 55.4 Å². The topological polar surface area (TPSA) is 29.5 Å². The van der Waals surface area contributed by atoms with Crippen LogP contribution < -0.4 is 0 Å². The van der Waals surface area contributed by atoms with Gasteiger partial charge in [-0.15, -0.1) is 0 Å². The van der Waals surface area contributed by atoms with Crippen molar-refractivity contribution in [2.75, 3.05) is 0 Å². The van der Waals surface area contributed by atoms with Gasteiger partial charge in [0.05, 0.1) is 5.60 Å². The molecule has 1 N–H and O–H groups in total. The van der Waals surface area contributed by atoms with Crippen LogP contribution in [0.4, 0.5) is 0 Å². The van der Waals surface area contributed by atoms with E-state index in [1.165, 1.54) is 32.1 Å². The summed E-state index contributed by atoms with van der Waals surface area (Å²) in [5.41, 5.74) is 0.288. The van der Waals surface area contributed by atoms with Gasteiger partial charge in [-0.2, -0.15) is 0 Å². The van der Waals surface area contributed by atoms with Crippen LogP contribution in [0.1, 0.15) is 100 Å². The van der Waals surface area contributed by atoms with Gasteiger partial charge in [0.15, 0.2) is 6.29 Å². The van der Waals surface area contributed by atoms with E-state index < -0.39 is 6.29 Å². The zero-order valence-corrected chi connectivity index (χ0v) is 18.0. The lowest BCUT2D eigenvalue weighted by atomic mass is 9.48. The first-order valence-corrected chi connectivity index (χ1v) is 10.5. The predicted octanol–water partition coefficient (Wildman–Crippen LogP) is 6.17. The average Bonchev–Trinajstić information content (AvgIpc) is 2.30. The van der Waals surface area contributed by atoms with Crippen LogP contribution in [0.5, 0.6) is 0 Å². The minimum atomic E-state index is -0.688. The molecule has 4 unspecified atom stereocenters. The first-order valence-electron chi connectivity index (χ1n) is 10.5. The number of aliphatic hydroxyl groups excluding tert-OH is 1. The summed E-state index contributed by atoms with van der Waals surface area (Å²) in [7, 11) is 0. The first kappa shape index (κ1) is 19.7. The third-order valence-electron chi connectivity index (χ3n) is 7.82. The zero-order valence-electron chi connectivity index (χ0n) is 18.0. The monoisotopic (exact) mass is 350 g/mol. The van der Waals surface area contributed by atoms with Crippen molar-refractivity contribution in [2.24, 2.45) is 33.5 Å². The van der Waals surface area contributed by atoms with Crippen LogP contribution in [-0.2, 0) is 4.74 Å². The Morgan fingerprint density at radius 2 is 1.48 bits per heavy atom. The van der Waals surface area contributed by atoms with Crippen LogP contribution in [0.15, 0.2) is 0 Å². The summed E-state index contributed by atoms with van der Waals surface area (Å²) in [6.45, 7) is 18.3. The van der Waals surface area contributed by atoms with E-state index in [4.69, 9.17) is 4.74 Å². The Hall–Kier alpha value is -0.0800. The Balaban J connectivity index is 1.83. The molecule has 4 bridgehead atoms. The van der Waals surface area contributed by atoms with Gasteiger partial charge in [-0.3, -0.25) is 0 Å². The second kappa shape index (κ2) is 5.71. The van der Waals surface area contributed by atoms with Gasteiger partial charge < -0.3 is 9.84 Å². The molecule has 4 aliphatic rings. The highest BCUT2D eigenvalue weighted by atomic mass is 16.6. The van der Waals surface area contributed by atoms with Crippen molar-refractivity contribution >= 4 is 0 Å². The number of hydrogen-bond acceptors (Lipinski definition) is 2. The van der Waals surface area contributed by atoms with Crippen molar-refractivity contribution in [1.29, 1.82) is 0 Å². The normalized spacial score (nSPS) is 41.6. The summed E-state index contributed by atoms with van der Waals surface area (Å²) in [6, 6.07) is 0. The minimum Gasteiger partial charge on any atom is -0.367 e. The summed E-state index contributed by atoms with van der Waals surface area (Å²) < 4.78 is 6.71. The van der Waals surface area contributed by atoms with E-state index in [9.17, 15) is 5.11 Å². The Morgan fingerprint density at radius 1 is 0.960 bits per heavy atom. The molecule has 4 saturated carbocycles. The van der Waals surface area contributed by atoms with Crippen molar-refractivity contribution in [1.82, 2.24) is 0 Å². The van der Waals surface area contributed by atoms with Crippen LogP contribution >= 0.6 is 0 Å². The second-order valence-electron chi connectivity index (χ2n) is 12.8. The fourth-order valence-corrected chi connectivity index (χ4v) is 6.96. The molecule has 2 heteroatoms. The maximum absolute atomic E-state index is 11.4. The van der Waals surface area contributed by atoms with E-state index in [0.29, 0.717) is 5.41 Å². The fraction of sp³-hybridized carbons (Fsp3) is 1.00. The number of rotatable bonds is 4. The molecule has 0 saturated heterocycles. The van der Waals surface area contributed by atoms with Crippen molar-refractivity contribution in [3.8, 4) is 0 Å². The van der Waals surface area contributed by atoms with Gasteiger partial charge in [0.25, 0.3) is 0 Å². The number of aliphatic hydroxyl groups is 1. The van der Waals surface area contributed by atoms with Gasteiger partial charge >= 0.3 is 0 Å². The molecule has 0 aromatic heterocycles. The second-order valence-corrected chi connectivity index (χ2v) is 12.8. The molecule has 0 spiro atoms. The predicted molar refractivity (Wildman–Crippen MR) is 104 cm³/mol. The largest absolute Gasteiger partial charge is 0.367 e. The van der Waals surface area contributed by atoms with E-state index in [1.54, 1.807) is 0 Å². The molecule has 25 heavy (non-hydrogen) atoms. The minimum absolute atomic E-state index is 0.00804. The molecule has 4 aliphatic carbocycles. The summed E-state index contributed by atoms with van der Waals surface area (Å²) in [5.74, 6) is 1.64. The van der Waals surface area contributed by atoms with Gasteiger partial charge in [-0.25, -0.2) is 0 Å². The average molecular weight is 351 g/mol. The molecule has 0 aromatic carbocycles. The highest BCUT2D eigenvalue weighted by molar-refractivity contribution is 5.08. The molecular weight excluding hydrogens is 308 g/mol. The molecule has 4 fully saturated rings. The fourth-order valence-electron chi connectivity index (χ4n) is 6.96. The van der Waals surface area contributed by atoms with E-state index in [1.807, 2.05) is 0 Å². The SMILES string of the molecule is CC(C)(C)CC(C)(C(O)OC12CC3CC(CC(C)(C3)C1)C2)C(C)(C)C. The highest BCUT2D eigenvalue weighted by Gasteiger charge is 2.59. The summed E-state index contributed by atoms with van der Waals surface area (Å²) in [6.07, 6.45) is 7.93. The number of hydrogen-bond donors (Lipinski definition) is 1. The van der Waals surface area contributed by atoms with Gasteiger partial charge in [0.2, 0.25) is 0 Å². The van der Waals surface area contributed by atoms with Crippen LogP contribution in [0.3, 0.4) is 0 Å². The lowest BCUT2D eigenvalue weighted by Gasteiger charge is -2.62. The molecule has 0 heterocycles.